The molecular formula is C17H21NO5. The highest BCUT2D eigenvalue weighted by molar-refractivity contribution is 6.00. The molecular weight excluding hydrogens is 298 g/mol. The zero-order chi connectivity index (χ0) is 16.8. The SMILES string of the molecule is COc1ccc2c(c1)OC1(CC2=O)CN(C(=O)OC(C)(C)C)C1. The van der Waals surface area contributed by atoms with Crippen LogP contribution >= 0.6 is 0 Å². The van der Waals surface area contributed by atoms with Crippen molar-refractivity contribution in [3.05, 3.63) is 23.8 Å². The molecule has 2 aliphatic rings. The van der Waals surface area contributed by atoms with Crippen LogP contribution < -0.4 is 9.47 Å². The van der Waals surface area contributed by atoms with E-state index in [0.717, 1.165) is 0 Å². The van der Waals surface area contributed by atoms with Gasteiger partial charge in [0.05, 0.1) is 32.2 Å². The van der Waals surface area contributed by atoms with Crippen LogP contribution in [-0.4, -0.2) is 48.2 Å². The molecule has 2 aliphatic heterocycles. The monoisotopic (exact) mass is 319 g/mol. The molecule has 0 saturated carbocycles. The first-order valence-electron chi connectivity index (χ1n) is 7.60. The average molecular weight is 319 g/mol. The van der Waals surface area contributed by atoms with Gasteiger partial charge in [-0.3, -0.25) is 9.69 Å². The third-order valence-corrected chi connectivity index (χ3v) is 3.91. The first-order chi connectivity index (χ1) is 10.7. The number of hydrogen-bond donors (Lipinski definition) is 0. The van der Waals surface area contributed by atoms with E-state index in [0.29, 0.717) is 30.2 Å². The van der Waals surface area contributed by atoms with Crippen LogP contribution in [0.1, 0.15) is 37.6 Å². The van der Waals surface area contributed by atoms with Gasteiger partial charge in [0.1, 0.15) is 17.1 Å². The Labute approximate surface area is 135 Å². The van der Waals surface area contributed by atoms with Gasteiger partial charge in [0.2, 0.25) is 0 Å². The Morgan fingerprint density at radius 1 is 1.30 bits per heavy atom. The molecule has 1 saturated heterocycles. The van der Waals surface area contributed by atoms with E-state index < -0.39 is 11.2 Å². The van der Waals surface area contributed by atoms with Crippen LogP contribution in [0.5, 0.6) is 11.5 Å². The van der Waals surface area contributed by atoms with E-state index in [1.54, 1.807) is 30.2 Å². The van der Waals surface area contributed by atoms with Crippen molar-refractivity contribution in [1.82, 2.24) is 4.90 Å². The molecule has 1 aromatic carbocycles. The molecule has 0 bridgehead atoms. The molecule has 124 valence electrons. The number of ether oxygens (including phenoxy) is 3. The van der Waals surface area contributed by atoms with Gasteiger partial charge in [-0.1, -0.05) is 0 Å². The van der Waals surface area contributed by atoms with Crippen LogP contribution in [0.3, 0.4) is 0 Å². The predicted molar refractivity (Wildman–Crippen MR) is 83.1 cm³/mol. The Balaban J connectivity index is 1.72. The zero-order valence-corrected chi connectivity index (χ0v) is 13.8. The molecule has 0 atom stereocenters. The molecule has 0 N–H and O–H groups in total. The number of fused-ring (bicyclic) bond motifs is 1. The maximum absolute atomic E-state index is 12.3. The van der Waals surface area contributed by atoms with Gasteiger partial charge >= 0.3 is 6.09 Å². The van der Waals surface area contributed by atoms with E-state index in [1.165, 1.54) is 0 Å². The summed E-state index contributed by atoms with van der Waals surface area (Å²) in [4.78, 5) is 25.9. The maximum Gasteiger partial charge on any atom is 0.410 e. The van der Waals surface area contributed by atoms with Crippen molar-refractivity contribution in [1.29, 1.82) is 0 Å². The molecule has 0 unspecified atom stereocenters. The molecule has 23 heavy (non-hydrogen) atoms. The number of rotatable bonds is 1. The second kappa shape index (κ2) is 5.15. The van der Waals surface area contributed by atoms with Crippen molar-refractivity contribution in [2.24, 2.45) is 0 Å². The second-order valence-electron chi connectivity index (χ2n) is 7.08. The largest absolute Gasteiger partial charge is 0.497 e. The number of benzene rings is 1. The molecule has 6 nitrogen and oxygen atoms in total. The van der Waals surface area contributed by atoms with Crippen LogP contribution in [0.15, 0.2) is 18.2 Å². The van der Waals surface area contributed by atoms with Crippen LogP contribution in [-0.2, 0) is 4.74 Å². The summed E-state index contributed by atoms with van der Waals surface area (Å²) in [6.07, 6.45) is -0.110. The number of ketones is 1. The van der Waals surface area contributed by atoms with Gasteiger partial charge in [0.15, 0.2) is 11.4 Å². The topological polar surface area (TPSA) is 65.1 Å². The molecule has 0 radical (unpaired) electrons. The lowest BCUT2D eigenvalue weighted by atomic mass is 9.84. The van der Waals surface area contributed by atoms with Gasteiger partial charge in [-0.2, -0.15) is 0 Å². The summed E-state index contributed by atoms with van der Waals surface area (Å²) >= 11 is 0. The molecule has 0 aliphatic carbocycles. The maximum atomic E-state index is 12.3. The van der Waals surface area contributed by atoms with Gasteiger partial charge in [-0.25, -0.2) is 4.79 Å². The summed E-state index contributed by atoms with van der Waals surface area (Å²) in [6.45, 7) is 6.17. The van der Waals surface area contributed by atoms with Crippen LogP contribution in [0.4, 0.5) is 4.79 Å². The Kier molecular flexibility index (Phi) is 3.50. The number of Topliss-reactive ketones (excluding diaryl/α,β-unsaturated/α-hetero) is 1. The highest BCUT2D eigenvalue weighted by atomic mass is 16.6. The summed E-state index contributed by atoms with van der Waals surface area (Å²) in [7, 11) is 1.57. The fourth-order valence-corrected chi connectivity index (χ4v) is 2.88. The van der Waals surface area contributed by atoms with E-state index in [4.69, 9.17) is 14.2 Å². The highest BCUT2D eigenvalue weighted by Crippen LogP contribution is 2.40. The van der Waals surface area contributed by atoms with Crippen LogP contribution in [0.2, 0.25) is 0 Å². The minimum absolute atomic E-state index is 0.0257. The number of methoxy groups -OCH3 is 1. The van der Waals surface area contributed by atoms with Crippen molar-refractivity contribution in [3.63, 3.8) is 0 Å². The molecule has 1 spiro atoms. The Morgan fingerprint density at radius 2 is 2.00 bits per heavy atom. The fraction of sp³-hybridized carbons (Fsp3) is 0.529. The number of carbonyl (C=O) groups excluding carboxylic acids is 2. The van der Waals surface area contributed by atoms with Gasteiger partial charge in [-0.05, 0) is 32.9 Å². The number of nitrogens with zero attached hydrogens (tertiary/aromatic N) is 1. The van der Waals surface area contributed by atoms with Gasteiger partial charge in [0, 0.05) is 6.07 Å². The minimum atomic E-state index is -0.645. The van der Waals surface area contributed by atoms with Crippen molar-refractivity contribution in [3.8, 4) is 11.5 Å². The van der Waals surface area contributed by atoms with Crippen LogP contribution in [0.25, 0.3) is 0 Å². The molecule has 3 rings (SSSR count). The highest BCUT2D eigenvalue weighted by Gasteiger charge is 2.52. The lowest BCUT2D eigenvalue weighted by molar-refractivity contribution is -0.0847. The third-order valence-electron chi connectivity index (χ3n) is 3.91. The molecule has 1 amide bonds. The second-order valence-corrected chi connectivity index (χ2v) is 7.08. The third kappa shape index (κ3) is 2.98. The minimum Gasteiger partial charge on any atom is -0.497 e. The summed E-state index contributed by atoms with van der Waals surface area (Å²) in [5.74, 6) is 1.18. The molecule has 1 aromatic rings. The number of amides is 1. The summed E-state index contributed by atoms with van der Waals surface area (Å²) in [5, 5.41) is 0. The Hall–Kier alpha value is -2.24. The quantitative estimate of drug-likeness (QED) is 0.796. The standard InChI is InChI=1S/C17H21NO5/c1-16(2,3)23-15(20)18-9-17(10-18)8-13(19)12-6-5-11(21-4)7-14(12)22-17/h5-7H,8-10H2,1-4H3. The lowest BCUT2D eigenvalue weighted by Gasteiger charge is -2.50. The van der Waals surface area contributed by atoms with Crippen molar-refractivity contribution in [2.45, 2.75) is 38.4 Å². The summed E-state index contributed by atoms with van der Waals surface area (Å²) in [6, 6.07) is 5.17. The first kappa shape index (κ1) is 15.6. The number of likely N-dealkylation sites (tertiary alicyclic amines) is 1. The summed E-state index contributed by atoms with van der Waals surface area (Å²) < 4.78 is 16.5. The average Bonchev–Trinajstić information content (AvgIpc) is 2.41. The Morgan fingerprint density at radius 3 is 2.61 bits per heavy atom. The van der Waals surface area contributed by atoms with E-state index in [2.05, 4.69) is 0 Å². The predicted octanol–water partition coefficient (Wildman–Crippen LogP) is 2.65. The summed E-state index contributed by atoms with van der Waals surface area (Å²) in [5.41, 5.74) is -0.622. The molecule has 2 heterocycles. The Bertz CT molecular complexity index is 655. The number of hydrogen-bond acceptors (Lipinski definition) is 5. The van der Waals surface area contributed by atoms with E-state index in [1.807, 2.05) is 20.8 Å². The molecule has 1 fully saturated rings. The molecule has 0 aromatic heterocycles. The van der Waals surface area contributed by atoms with Gasteiger partial charge in [0.25, 0.3) is 0 Å². The van der Waals surface area contributed by atoms with E-state index in [9.17, 15) is 9.59 Å². The first-order valence-corrected chi connectivity index (χ1v) is 7.60. The smallest absolute Gasteiger partial charge is 0.410 e. The molecule has 6 heteroatoms. The zero-order valence-electron chi connectivity index (χ0n) is 13.8. The van der Waals surface area contributed by atoms with Crippen molar-refractivity contribution in [2.75, 3.05) is 20.2 Å². The van der Waals surface area contributed by atoms with Crippen molar-refractivity contribution < 1.29 is 23.8 Å². The lowest BCUT2D eigenvalue weighted by Crippen LogP contribution is -2.68. The number of carbonyl (C=O) groups is 2. The van der Waals surface area contributed by atoms with Gasteiger partial charge in [-0.15, -0.1) is 0 Å². The fourth-order valence-electron chi connectivity index (χ4n) is 2.88. The van der Waals surface area contributed by atoms with Gasteiger partial charge < -0.3 is 14.2 Å². The van der Waals surface area contributed by atoms with Crippen LogP contribution in [0, 0.1) is 0 Å². The van der Waals surface area contributed by atoms with Crippen molar-refractivity contribution >= 4 is 11.9 Å². The van der Waals surface area contributed by atoms with E-state index in [-0.39, 0.29) is 18.3 Å². The normalized spacial score (nSPS) is 18.8. The van der Waals surface area contributed by atoms with E-state index >= 15 is 0 Å².